The molecule has 15 nitrogen and oxygen atoms in total. The van der Waals surface area contributed by atoms with Crippen LogP contribution in [-0.4, -0.2) is 134 Å². The third-order valence-electron chi connectivity index (χ3n) is 12.2. The average Bonchev–Trinajstić information content (AvgIpc) is 3.31. The summed E-state index contributed by atoms with van der Waals surface area (Å²) in [6.07, 6.45) is 7.46. The average molecular weight is 1010 g/mol. The highest BCUT2D eigenvalue weighted by atomic mass is 35.5. The van der Waals surface area contributed by atoms with Gasteiger partial charge in [0, 0.05) is 93.5 Å². The van der Waals surface area contributed by atoms with Crippen molar-refractivity contribution in [2.45, 2.75) is 128 Å². The zero-order chi connectivity index (χ0) is 49.5. The largest absolute Gasteiger partial charge is 0.480 e. The minimum atomic E-state index is -0.934. The van der Waals surface area contributed by atoms with Gasteiger partial charge in [0.2, 0.25) is 17.7 Å². The number of carboxylic acid groups (broad SMARTS) is 2. The normalized spacial score (nSPS) is 17.4. The number of halogens is 3. The summed E-state index contributed by atoms with van der Waals surface area (Å²) in [6, 6.07) is 13.8. The number of hydrogen-bond donors (Lipinski definition) is 7. The summed E-state index contributed by atoms with van der Waals surface area (Å²) in [5.74, 6) is -2.03. The van der Waals surface area contributed by atoms with Crippen LogP contribution in [0.4, 0.5) is 11.4 Å². The van der Waals surface area contributed by atoms with Crippen molar-refractivity contribution in [3.8, 4) is 0 Å². The van der Waals surface area contributed by atoms with Crippen molar-refractivity contribution >= 4 is 81.6 Å². The molecule has 2 aromatic rings. The molecular formula is C50H76Cl3N7O8. The summed E-state index contributed by atoms with van der Waals surface area (Å²) in [5, 5.41) is 34.6. The van der Waals surface area contributed by atoms with Crippen molar-refractivity contribution in [3.63, 3.8) is 0 Å². The number of amides is 3. The van der Waals surface area contributed by atoms with E-state index in [9.17, 15) is 39.0 Å². The van der Waals surface area contributed by atoms with E-state index < -0.39 is 41.9 Å². The van der Waals surface area contributed by atoms with Crippen molar-refractivity contribution in [1.29, 1.82) is 0 Å². The first kappa shape index (κ1) is 58.2. The number of Topliss-reactive ketones (excluding diaryl/α,β-unsaturated/α-hetero) is 1. The Morgan fingerprint density at radius 3 is 1.66 bits per heavy atom. The van der Waals surface area contributed by atoms with Crippen molar-refractivity contribution in [3.05, 3.63) is 59.7 Å². The topological polar surface area (TPSA) is 210 Å². The van der Waals surface area contributed by atoms with Gasteiger partial charge in [-0.05, 0) is 126 Å². The quantitative estimate of drug-likeness (QED) is 0.0341. The summed E-state index contributed by atoms with van der Waals surface area (Å²) in [5.41, 5.74) is 4.17. The summed E-state index contributed by atoms with van der Waals surface area (Å²) >= 11 is 17.9. The number of ketones is 1. The number of rotatable bonds is 30. The Morgan fingerprint density at radius 1 is 0.662 bits per heavy atom. The Hall–Kier alpha value is -4.15. The van der Waals surface area contributed by atoms with Crippen LogP contribution < -0.4 is 36.4 Å². The van der Waals surface area contributed by atoms with Crippen molar-refractivity contribution in [1.82, 2.24) is 26.6 Å². The molecule has 1 fully saturated rings. The molecule has 0 aromatic heterocycles. The molecule has 0 saturated carbocycles. The van der Waals surface area contributed by atoms with Gasteiger partial charge < -0.3 is 46.6 Å². The molecule has 1 heterocycles. The van der Waals surface area contributed by atoms with E-state index >= 15 is 0 Å². The fraction of sp³-hybridized carbons (Fsp3) is 0.640. The van der Waals surface area contributed by atoms with Gasteiger partial charge in [-0.25, -0.2) is 0 Å². The lowest BCUT2D eigenvalue weighted by Crippen LogP contribution is -2.47. The Labute approximate surface area is 418 Å². The maximum atomic E-state index is 13.3. The van der Waals surface area contributed by atoms with E-state index in [1.807, 2.05) is 48.5 Å². The first-order chi connectivity index (χ1) is 32.9. The highest BCUT2D eigenvalue weighted by Crippen LogP contribution is 2.20. The third kappa shape index (κ3) is 23.0. The van der Waals surface area contributed by atoms with Gasteiger partial charge in [-0.3, -0.25) is 28.8 Å². The molecule has 1 saturated heterocycles. The van der Waals surface area contributed by atoms with Gasteiger partial charge in [-0.2, -0.15) is 0 Å². The van der Waals surface area contributed by atoms with Crippen molar-refractivity contribution in [2.24, 2.45) is 5.92 Å². The van der Waals surface area contributed by atoms with E-state index in [1.165, 1.54) is 0 Å². The Bertz CT molecular complexity index is 1800. The molecule has 0 bridgehead atoms. The standard InChI is InChI=1S/C50H76Cl3N7O8/c1-2-32-59(33-25-51)40-18-12-37(13-19-40)16-23-45(50(67)68)55-29-8-5-11-43-48(64)56-30-7-4-10-42(61)36-39(47(63)57-31-24-46(62)58-43)9-3-6-28-54-44(49(65)66)22-17-38-14-20-41(21-15-38)60(34-26-52)35-27-53/h12-15,18-21,39,43-45,54-55H,2-11,16-17,22-36H2,1H3,(H,56,64)(H,57,63)(H,58,62)(H,65,66)(H,67,68)/t39-,43+,44+,45-/m1/s1. The molecule has 3 amide bonds. The third-order valence-corrected chi connectivity index (χ3v) is 12.7. The molecule has 0 unspecified atom stereocenters. The molecule has 7 N–H and O–H groups in total. The van der Waals surface area contributed by atoms with Crippen LogP contribution in [0.1, 0.15) is 108 Å². The van der Waals surface area contributed by atoms with E-state index in [2.05, 4.69) is 43.3 Å². The number of alkyl halides is 3. The smallest absolute Gasteiger partial charge is 0.320 e. The second-order valence-electron chi connectivity index (χ2n) is 17.5. The van der Waals surface area contributed by atoms with Crippen LogP contribution in [0.25, 0.3) is 0 Å². The van der Waals surface area contributed by atoms with Gasteiger partial charge >= 0.3 is 11.9 Å². The lowest BCUT2D eigenvalue weighted by molar-refractivity contribution is -0.140. The monoisotopic (exact) mass is 1010 g/mol. The molecular weight excluding hydrogens is 933 g/mol. The lowest BCUT2D eigenvalue weighted by atomic mass is 9.93. The number of aliphatic carboxylic acids is 2. The van der Waals surface area contributed by atoms with Crippen LogP contribution in [0, 0.1) is 5.92 Å². The van der Waals surface area contributed by atoms with Gasteiger partial charge in [0.1, 0.15) is 23.9 Å². The minimum Gasteiger partial charge on any atom is -0.480 e. The van der Waals surface area contributed by atoms with E-state index in [-0.39, 0.29) is 43.4 Å². The van der Waals surface area contributed by atoms with Gasteiger partial charge in [-0.1, -0.05) is 37.6 Å². The minimum absolute atomic E-state index is 0.0311. The number of aryl methyl sites for hydroxylation is 2. The molecule has 3 rings (SSSR count). The molecule has 68 heavy (non-hydrogen) atoms. The van der Waals surface area contributed by atoms with E-state index in [4.69, 9.17) is 34.8 Å². The summed E-state index contributed by atoms with van der Waals surface area (Å²) in [7, 11) is 0. The number of anilines is 2. The molecule has 380 valence electrons. The maximum Gasteiger partial charge on any atom is 0.320 e. The van der Waals surface area contributed by atoms with E-state index in [1.54, 1.807) is 0 Å². The maximum absolute atomic E-state index is 13.3. The molecule has 2 aromatic carbocycles. The predicted molar refractivity (Wildman–Crippen MR) is 272 cm³/mol. The highest BCUT2D eigenvalue weighted by molar-refractivity contribution is 6.18. The second-order valence-corrected chi connectivity index (χ2v) is 18.6. The highest BCUT2D eigenvalue weighted by Gasteiger charge is 2.25. The number of carbonyl (C=O) groups excluding carboxylic acids is 4. The zero-order valence-electron chi connectivity index (χ0n) is 39.9. The molecule has 0 aliphatic carbocycles. The Balaban J connectivity index is 1.43. The van der Waals surface area contributed by atoms with Gasteiger partial charge in [0.05, 0.1) is 0 Å². The van der Waals surface area contributed by atoms with Gasteiger partial charge in [0.15, 0.2) is 0 Å². The second kappa shape index (κ2) is 34.2. The first-order valence-electron chi connectivity index (χ1n) is 24.5. The zero-order valence-corrected chi connectivity index (χ0v) is 42.2. The van der Waals surface area contributed by atoms with E-state index in [0.717, 1.165) is 42.0 Å². The van der Waals surface area contributed by atoms with Gasteiger partial charge in [-0.15, -0.1) is 34.8 Å². The van der Waals surface area contributed by atoms with Crippen LogP contribution in [0.2, 0.25) is 0 Å². The number of nitrogens with zero attached hydrogens (tertiary/aromatic N) is 2. The van der Waals surface area contributed by atoms with Crippen LogP contribution in [0.15, 0.2) is 48.5 Å². The number of nitrogens with one attached hydrogen (secondary N) is 5. The fourth-order valence-corrected chi connectivity index (χ4v) is 8.93. The van der Waals surface area contributed by atoms with Gasteiger partial charge in [0.25, 0.3) is 0 Å². The van der Waals surface area contributed by atoms with Crippen LogP contribution in [-0.2, 0) is 41.6 Å². The Morgan fingerprint density at radius 2 is 1.16 bits per heavy atom. The summed E-state index contributed by atoms with van der Waals surface area (Å²) in [6.45, 7) is 6.37. The Kier molecular flexibility index (Phi) is 29.3. The summed E-state index contributed by atoms with van der Waals surface area (Å²) < 4.78 is 0. The number of carbonyl (C=O) groups is 6. The summed E-state index contributed by atoms with van der Waals surface area (Å²) in [4.78, 5) is 81.1. The van der Waals surface area contributed by atoms with E-state index in [0.29, 0.717) is 127 Å². The fourth-order valence-electron chi connectivity index (χ4n) is 8.32. The molecule has 1 aliphatic rings. The molecule has 18 heteroatoms. The van der Waals surface area contributed by atoms with Crippen LogP contribution in [0.3, 0.4) is 0 Å². The molecule has 1 aliphatic heterocycles. The first-order valence-corrected chi connectivity index (χ1v) is 26.1. The number of carboxylic acids is 2. The number of hydrogen-bond acceptors (Lipinski definition) is 10. The SMILES string of the molecule is CCCN(CCCl)c1ccc(CC[C@@H](NCCCC[C@@H]2NC(=O)CCNC(=O)[C@H](CCCCN[C@@H](CCc3ccc(N(CCCl)CCCl)cc3)C(=O)O)CC(=O)CCCCNC2=O)C(=O)O)cc1. The van der Waals surface area contributed by atoms with Crippen molar-refractivity contribution < 1.29 is 39.0 Å². The predicted octanol–water partition coefficient (Wildman–Crippen LogP) is 6.28. The number of unbranched alkanes of at least 4 members (excludes halogenated alkanes) is 2. The van der Waals surface area contributed by atoms with Crippen LogP contribution in [0.5, 0.6) is 0 Å². The number of benzene rings is 2. The van der Waals surface area contributed by atoms with Crippen LogP contribution >= 0.6 is 34.8 Å². The lowest BCUT2D eigenvalue weighted by Gasteiger charge is -2.23. The molecule has 0 spiro atoms. The van der Waals surface area contributed by atoms with Crippen molar-refractivity contribution in [2.75, 3.05) is 79.8 Å². The molecule has 4 atom stereocenters. The molecule has 0 radical (unpaired) electrons.